The Hall–Kier alpha value is -2.10. The SMILES string of the molecule is CCC1(c2ccc(O)c(F)c2F)CCCc2cc(O)ccc2C1. The van der Waals surface area contributed by atoms with Gasteiger partial charge in [0.05, 0.1) is 0 Å². The molecule has 1 unspecified atom stereocenters. The summed E-state index contributed by atoms with van der Waals surface area (Å²) in [6, 6.07) is 8.00. The fourth-order valence-electron chi connectivity index (χ4n) is 3.76. The Balaban J connectivity index is 2.11. The van der Waals surface area contributed by atoms with Crippen molar-refractivity contribution in [2.45, 2.75) is 44.4 Å². The summed E-state index contributed by atoms with van der Waals surface area (Å²) in [4.78, 5) is 0. The Morgan fingerprint density at radius 3 is 2.57 bits per heavy atom. The molecular weight excluding hydrogens is 298 g/mol. The van der Waals surface area contributed by atoms with Gasteiger partial charge in [-0.2, -0.15) is 4.39 Å². The zero-order chi connectivity index (χ0) is 16.6. The first-order valence-corrected chi connectivity index (χ1v) is 7.95. The normalized spacial score (nSPS) is 20.8. The van der Waals surface area contributed by atoms with E-state index in [1.54, 1.807) is 12.1 Å². The summed E-state index contributed by atoms with van der Waals surface area (Å²) >= 11 is 0. The number of halogens is 2. The molecule has 122 valence electrons. The summed E-state index contributed by atoms with van der Waals surface area (Å²) < 4.78 is 28.3. The molecule has 1 aliphatic carbocycles. The fraction of sp³-hybridized carbons (Fsp3) is 0.368. The molecular formula is C19H20F2O2. The van der Waals surface area contributed by atoms with Gasteiger partial charge < -0.3 is 10.2 Å². The molecule has 23 heavy (non-hydrogen) atoms. The van der Waals surface area contributed by atoms with E-state index in [-0.39, 0.29) is 5.75 Å². The second-order valence-corrected chi connectivity index (χ2v) is 6.38. The number of fused-ring (bicyclic) bond motifs is 1. The number of benzene rings is 2. The molecule has 0 saturated carbocycles. The van der Waals surface area contributed by atoms with Crippen LogP contribution in [0.4, 0.5) is 8.78 Å². The van der Waals surface area contributed by atoms with Crippen LogP contribution in [0, 0.1) is 11.6 Å². The Labute approximate surface area is 134 Å². The summed E-state index contributed by atoms with van der Waals surface area (Å²) in [5, 5.41) is 19.0. The van der Waals surface area contributed by atoms with Crippen LogP contribution in [-0.4, -0.2) is 10.2 Å². The second-order valence-electron chi connectivity index (χ2n) is 6.38. The van der Waals surface area contributed by atoms with Crippen LogP contribution in [0.1, 0.15) is 42.9 Å². The maximum Gasteiger partial charge on any atom is 0.200 e. The fourth-order valence-corrected chi connectivity index (χ4v) is 3.76. The first kappa shape index (κ1) is 15.8. The molecule has 1 aliphatic rings. The Bertz CT molecular complexity index is 742. The third kappa shape index (κ3) is 2.67. The number of aryl methyl sites for hydroxylation is 1. The predicted octanol–water partition coefficient (Wildman–Crippen LogP) is 4.60. The van der Waals surface area contributed by atoms with E-state index in [1.165, 1.54) is 12.1 Å². The first-order chi connectivity index (χ1) is 11.0. The molecule has 0 amide bonds. The van der Waals surface area contributed by atoms with E-state index in [4.69, 9.17) is 0 Å². The van der Waals surface area contributed by atoms with Crippen molar-refractivity contribution >= 4 is 0 Å². The van der Waals surface area contributed by atoms with Gasteiger partial charge in [-0.15, -0.1) is 0 Å². The van der Waals surface area contributed by atoms with Gasteiger partial charge in [-0.25, -0.2) is 4.39 Å². The van der Waals surface area contributed by atoms with E-state index in [2.05, 4.69) is 0 Å². The molecule has 2 nitrogen and oxygen atoms in total. The molecule has 3 rings (SSSR count). The van der Waals surface area contributed by atoms with Crippen LogP contribution >= 0.6 is 0 Å². The zero-order valence-corrected chi connectivity index (χ0v) is 13.1. The third-order valence-corrected chi connectivity index (χ3v) is 5.13. The molecule has 0 saturated heterocycles. The van der Waals surface area contributed by atoms with Crippen molar-refractivity contribution in [1.82, 2.24) is 0 Å². The third-order valence-electron chi connectivity index (χ3n) is 5.13. The topological polar surface area (TPSA) is 40.5 Å². The van der Waals surface area contributed by atoms with E-state index in [1.807, 2.05) is 13.0 Å². The van der Waals surface area contributed by atoms with Crippen LogP contribution < -0.4 is 0 Å². The molecule has 2 aromatic carbocycles. The highest BCUT2D eigenvalue weighted by atomic mass is 19.2. The van der Waals surface area contributed by atoms with Crippen LogP contribution in [0.3, 0.4) is 0 Å². The average Bonchev–Trinajstić information content (AvgIpc) is 2.72. The van der Waals surface area contributed by atoms with Crippen molar-refractivity contribution < 1.29 is 19.0 Å². The molecule has 0 fully saturated rings. The molecule has 1 atom stereocenters. The van der Waals surface area contributed by atoms with Crippen LogP contribution in [0.15, 0.2) is 30.3 Å². The van der Waals surface area contributed by atoms with E-state index < -0.39 is 22.8 Å². The molecule has 0 aliphatic heterocycles. The lowest BCUT2D eigenvalue weighted by Crippen LogP contribution is -2.29. The van der Waals surface area contributed by atoms with Crippen molar-refractivity contribution in [1.29, 1.82) is 0 Å². The van der Waals surface area contributed by atoms with Crippen LogP contribution in [0.5, 0.6) is 11.5 Å². The predicted molar refractivity (Wildman–Crippen MR) is 84.7 cm³/mol. The number of hydrogen-bond acceptors (Lipinski definition) is 2. The standard InChI is InChI=1S/C19H20F2O2/c1-2-19(15-7-8-16(23)18(21)17(15)20)9-3-4-12-10-14(22)6-5-13(12)11-19/h5-8,10,22-23H,2-4,9,11H2,1H3. The summed E-state index contributed by atoms with van der Waals surface area (Å²) in [7, 11) is 0. The van der Waals surface area contributed by atoms with Crippen LogP contribution in [0.2, 0.25) is 0 Å². The minimum Gasteiger partial charge on any atom is -0.508 e. The highest BCUT2D eigenvalue weighted by Gasteiger charge is 2.36. The molecule has 4 heteroatoms. The number of hydrogen-bond donors (Lipinski definition) is 2. The lowest BCUT2D eigenvalue weighted by atomic mass is 9.71. The van der Waals surface area contributed by atoms with Gasteiger partial charge >= 0.3 is 0 Å². The zero-order valence-electron chi connectivity index (χ0n) is 13.1. The van der Waals surface area contributed by atoms with Crippen molar-refractivity contribution in [3.05, 3.63) is 58.7 Å². The first-order valence-electron chi connectivity index (χ1n) is 7.95. The van der Waals surface area contributed by atoms with Gasteiger partial charge in [0.25, 0.3) is 0 Å². The highest BCUT2D eigenvalue weighted by molar-refractivity contribution is 5.41. The molecule has 0 spiro atoms. The second kappa shape index (κ2) is 5.84. The molecule has 0 radical (unpaired) electrons. The van der Waals surface area contributed by atoms with Crippen LogP contribution in [0.25, 0.3) is 0 Å². The van der Waals surface area contributed by atoms with E-state index >= 15 is 0 Å². The van der Waals surface area contributed by atoms with Crippen LogP contribution in [-0.2, 0) is 18.3 Å². The van der Waals surface area contributed by atoms with Crippen molar-refractivity contribution in [3.8, 4) is 11.5 Å². The smallest absolute Gasteiger partial charge is 0.200 e. The van der Waals surface area contributed by atoms with E-state index in [0.29, 0.717) is 18.4 Å². The van der Waals surface area contributed by atoms with Gasteiger partial charge in [-0.1, -0.05) is 19.1 Å². The Kier molecular flexibility index (Phi) is 4.00. The molecule has 0 bridgehead atoms. The average molecular weight is 318 g/mol. The number of aromatic hydroxyl groups is 2. The Morgan fingerprint density at radius 2 is 1.83 bits per heavy atom. The minimum absolute atomic E-state index is 0.231. The van der Waals surface area contributed by atoms with Crippen molar-refractivity contribution in [2.75, 3.05) is 0 Å². The summed E-state index contributed by atoms with van der Waals surface area (Å²) in [5.41, 5.74) is 1.96. The quantitative estimate of drug-likeness (QED) is 0.794. The largest absolute Gasteiger partial charge is 0.508 e. The minimum atomic E-state index is -1.18. The van der Waals surface area contributed by atoms with Gasteiger partial charge in [0.2, 0.25) is 5.82 Å². The van der Waals surface area contributed by atoms with Gasteiger partial charge in [0.15, 0.2) is 11.6 Å². The summed E-state index contributed by atoms with van der Waals surface area (Å²) in [5.74, 6) is -2.55. The van der Waals surface area contributed by atoms with E-state index in [0.717, 1.165) is 30.4 Å². The van der Waals surface area contributed by atoms with Gasteiger partial charge in [0, 0.05) is 5.41 Å². The monoisotopic (exact) mass is 318 g/mol. The molecule has 2 N–H and O–H groups in total. The van der Waals surface area contributed by atoms with Gasteiger partial charge in [0.1, 0.15) is 5.75 Å². The molecule has 0 aromatic heterocycles. The van der Waals surface area contributed by atoms with E-state index in [9.17, 15) is 19.0 Å². The lowest BCUT2D eigenvalue weighted by Gasteiger charge is -2.33. The summed E-state index contributed by atoms with van der Waals surface area (Å²) in [6.45, 7) is 1.98. The summed E-state index contributed by atoms with van der Waals surface area (Å²) in [6.07, 6.45) is 3.66. The highest BCUT2D eigenvalue weighted by Crippen LogP contribution is 2.43. The maximum atomic E-state index is 14.5. The Morgan fingerprint density at radius 1 is 1.04 bits per heavy atom. The number of phenols is 2. The van der Waals surface area contributed by atoms with Gasteiger partial charge in [-0.3, -0.25) is 0 Å². The number of rotatable bonds is 2. The van der Waals surface area contributed by atoms with Gasteiger partial charge in [-0.05, 0) is 67.0 Å². The molecule has 2 aromatic rings. The lowest BCUT2D eigenvalue weighted by molar-refractivity contribution is 0.342. The molecule has 0 heterocycles. The van der Waals surface area contributed by atoms with Crippen molar-refractivity contribution in [3.63, 3.8) is 0 Å². The van der Waals surface area contributed by atoms with Crippen molar-refractivity contribution in [2.24, 2.45) is 0 Å². The number of phenolic OH excluding ortho intramolecular Hbond substituents is 2. The maximum absolute atomic E-state index is 14.5.